The summed E-state index contributed by atoms with van der Waals surface area (Å²) in [6, 6.07) is 0. The zero-order valence-corrected chi connectivity index (χ0v) is 22.5. The maximum Gasteiger partial charge on any atom is -0.00811 e. The summed E-state index contributed by atoms with van der Waals surface area (Å²) in [5, 5.41) is 0. The molecule has 4 bridgehead atoms. The summed E-state index contributed by atoms with van der Waals surface area (Å²) in [5.41, 5.74) is 2.09. The first kappa shape index (κ1) is 25.3. The van der Waals surface area contributed by atoms with Crippen molar-refractivity contribution in [1.82, 2.24) is 0 Å². The Morgan fingerprint density at radius 3 is 2.15 bits per heavy atom. The van der Waals surface area contributed by atoms with Gasteiger partial charge in [0.25, 0.3) is 0 Å². The van der Waals surface area contributed by atoms with Crippen LogP contribution in [-0.2, 0) is 0 Å². The van der Waals surface area contributed by atoms with Crippen LogP contribution in [0.3, 0.4) is 0 Å². The van der Waals surface area contributed by atoms with Crippen LogP contribution in [0.4, 0.5) is 0 Å². The van der Waals surface area contributed by atoms with Crippen LogP contribution in [-0.4, -0.2) is 0 Å². The summed E-state index contributed by atoms with van der Waals surface area (Å²) in [5.74, 6) is 8.20. The van der Waals surface area contributed by atoms with Crippen molar-refractivity contribution in [3.8, 4) is 0 Å². The monoisotopic (exact) mass is 450 g/mol. The van der Waals surface area contributed by atoms with Gasteiger partial charge >= 0.3 is 0 Å². The molecule has 0 aromatic heterocycles. The van der Waals surface area contributed by atoms with Gasteiger partial charge in [-0.1, -0.05) is 82.8 Å². The summed E-state index contributed by atoms with van der Waals surface area (Å²) >= 11 is 0. The molecule has 0 saturated heterocycles. The number of rotatable bonds is 5. The first-order valence-corrected chi connectivity index (χ1v) is 15.0. The molecule has 0 nitrogen and oxygen atoms in total. The van der Waals surface area contributed by atoms with Gasteiger partial charge in [0.2, 0.25) is 0 Å². The first-order valence-electron chi connectivity index (χ1n) is 15.0. The fourth-order valence-electron chi connectivity index (χ4n) is 8.91. The van der Waals surface area contributed by atoms with Crippen molar-refractivity contribution in [2.24, 2.45) is 52.8 Å². The van der Waals surface area contributed by atoms with Gasteiger partial charge in [-0.3, -0.25) is 0 Å². The Morgan fingerprint density at radius 2 is 1.67 bits per heavy atom. The van der Waals surface area contributed by atoms with E-state index in [4.69, 9.17) is 0 Å². The Hall–Kier alpha value is -0.780. The van der Waals surface area contributed by atoms with Gasteiger partial charge in [-0.2, -0.15) is 0 Å². The molecule has 6 aliphatic carbocycles. The average Bonchev–Trinajstić information content (AvgIpc) is 3.60. The first-order chi connectivity index (χ1) is 16.0. The van der Waals surface area contributed by atoms with Gasteiger partial charge in [0, 0.05) is 0 Å². The minimum Gasteiger partial charge on any atom is -0.100 e. The zero-order chi connectivity index (χ0) is 23.4. The summed E-state index contributed by atoms with van der Waals surface area (Å²) in [4.78, 5) is 0. The molecule has 6 aliphatic rings. The van der Waals surface area contributed by atoms with Gasteiger partial charge in [0.15, 0.2) is 0 Å². The molecule has 9 atom stereocenters. The third-order valence-electron chi connectivity index (χ3n) is 10.8. The smallest absolute Gasteiger partial charge is 0.00811 e. The lowest BCUT2D eigenvalue weighted by Gasteiger charge is -2.42. The van der Waals surface area contributed by atoms with E-state index in [9.17, 15) is 0 Å². The fourth-order valence-corrected chi connectivity index (χ4v) is 8.91. The van der Waals surface area contributed by atoms with Gasteiger partial charge in [-0.25, -0.2) is 0 Å². The Labute approximate surface area is 206 Å². The minimum absolute atomic E-state index is 0.693. The second-order valence-corrected chi connectivity index (χ2v) is 13.0. The van der Waals surface area contributed by atoms with E-state index < -0.39 is 0 Å². The third kappa shape index (κ3) is 5.90. The molecular weight excluding hydrogens is 396 g/mol. The minimum atomic E-state index is 0.693. The maximum atomic E-state index is 4.07. The standard InChI is InChI=1S/C13H22.C11H18.C9H14/c1-4-12-10-5-6-11(8-10)13(12)7-9(2)3;1-2-10-5-3-6-11(9-10)7-4-8-11;1-2-8-5-7-3-4-9(8)6-7/h10-13H,2,4-8H2,1,3H3;4,7,10H,2-3,5-6,8-9H2,1H3;3-4,7-9H,2,5-6H2,1H3. The molecule has 0 aromatic rings. The van der Waals surface area contributed by atoms with Gasteiger partial charge in [0.05, 0.1) is 0 Å². The van der Waals surface area contributed by atoms with E-state index in [1.165, 1.54) is 95.5 Å². The van der Waals surface area contributed by atoms with Gasteiger partial charge in [0.1, 0.15) is 0 Å². The van der Waals surface area contributed by atoms with Gasteiger partial charge in [-0.15, -0.1) is 6.58 Å². The number of allylic oxidation sites excluding steroid dienone is 5. The van der Waals surface area contributed by atoms with Crippen LogP contribution in [0.5, 0.6) is 0 Å². The van der Waals surface area contributed by atoms with Crippen molar-refractivity contribution in [3.05, 3.63) is 36.5 Å². The summed E-state index contributed by atoms with van der Waals surface area (Å²) in [6.45, 7) is 13.3. The van der Waals surface area contributed by atoms with Crippen LogP contribution in [0.1, 0.15) is 118 Å². The van der Waals surface area contributed by atoms with E-state index in [1.54, 1.807) is 0 Å². The van der Waals surface area contributed by atoms with Crippen LogP contribution in [0.2, 0.25) is 0 Å². The van der Waals surface area contributed by atoms with E-state index >= 15 is 0 Å². The predicted octanol–water partition coefficient (Wildman–Crippen LogP) is 10.2. The van der Waals surface area contributed by atoms with E-state index in [2.05, 4.69) is 58.6 Å². The summed E-state index contributed by atoms with van der Waals surface area (Å²) < 4.78 is 0. The Morgan fingerprint density at radius 1 is 0.909 bits per heavy atom. The molecule has 4 saturated carbocycles. The molecule has 0 heterocycles. The van der Waals surface area contributed by atoms with Crippen molar-refractivity contribution in [3.63, 3.8) is 0 Å². The lowest BCUT2D eigenvalue weighted by Crippen LogP contribution is -2.30. The Kier molecular flexibility index (Phi) is 8.67. The van der Waals surface area contributed by atoms with Crippen LogP contribution < -0.4 is 0 Å². The molecule has 9 unspecified atom stereocenters. The highest BCUT2D eigenvalue weighted by Gasteiger charge is 2.45. The molecule has 0 amide bonds. The van der Waals surface area contributed by atoms with Crippen molar-refractivity contribution in [2.75, 3.05) is 0 Å². The van der Waals surface area contributed by atoms with Crippen LogP contribution in [0.15, 0.2) is 36.5 Å². The maximum absolute atomic E-state index is 4.07. The van der Waals surface area contributed by atoms with Crippen molar-refractivity contribution in [2.45, 2.75) is 118 Å². The Balaban J connectivity index is 0.000000120. The van der Waals surface area contributed by atoms with E-state index in [1.807, 2.05) is 0 Å². The summed E-state index contributed by atoms with van der Waals surface area (Å²) in [7, 11) is 0. The molecular formula is C33H54. The molecule has 0 N–H and O–H groups in total. The molecule has 0 aliphatic heterocycles. The molecule has 6 rings (SSSR count). The van der Waals surface area contributed by atoms with Gasteiger partial charge < -0.3 is 0 Å². The van der Waals surface area contributed by atoms with Crippen molar-refractivity contribution >= 4 is 0 Å². The molecule has 0 radical (unpaired) electrons. The van der Waals surface area contributed by atoms with E-state index in [0.717, 1.165) is 47.3 Å². The average molecular weight is 451 g/mol. The van der Waals surface area contributed by atoms with Crippen molar-refractivity contribution < 1.29 is 0 Å². The SMILES string of the molecule is C=C(C)CC1C2CCC(C2)C1CC.CCC1CC2C=CC1C2.CCC1CCCC2(C=CC2)C1. The molecule has 1 spiro atoms. The third-order valence-corrected chi connectivity index (χ3v) is 10.8. The second-order valence-electron chi connectivity index (χ2n) is 13.0. The van der Waals surface area contributed by atoms with Crippen LogP contribution >= 0.6 is 0 Å². The number of hydrogen-bond acceptors (Lipinski definition) is 0. The van der Waals surface area contributed by atoms with E-state index in [-0.39, 0.29) is 0 Å². The van der Waals surface area contributed by atoms with E-state index in [0.29, 0.717) is 5.41 Å². The highest BCUT2D eigenvalue weighted by molar-refractivity contribution is 5.14. The van der Waals surface area contributed by atoms with Crippen LogP contribution in [0, 0.1) is 52.8 Å². The number of hydrogen-bond donors (Lipinski definition) is 0. The summed E-state index contributed by atoms with van der Waals surface area (Å²) in [6.07, 6.45) is 30.0. The normalized spacial score (nSPS) is 43.6. The molecule has 186 valence electrons. The Bertz CT molecular complexity index is 697. The van der Waals surface area contributed by atoms with Crippen molar-refractivity contribution in [1.29, 1.82) is 0 Å². The largest absolute Gasteiger partial charge is 0.100 e. The fraction of sp³-hybridized carbons (Fsp3) is 0.818. The second kappa shape index (κ2) is 11.3. The molecule has 33 heavy (non-hydrogen) atoms. The topological polar surface area (TPSA) is 0 Å². The predicted molar refractivity (Wildman–Crippen MR) is 145 cm³/mol. The molecule has 4 fully saturated rings. The quantitative estimate of drug-likeness (QED) is 0.365. The molecule has 0 heteroatoms. The number of fused-ring (bicyclic) bond motifs is 4. The highest BCUT2D eigenvalue weighted by Crippen LogP contribution is 2.55. The van der Waals surface area contributed by atoms with Gasteiger partial charge in [-0.05, 0) is 117 Å². The lowest BCUT2D eigenvalue weighted by molar-refractivity contribution is 0.172. The zero-order valence-electron chi connectivity index (χ0n) is 22.5. The lowest BCUT2D eigenvalue weighted by atomic mass is 9.63. The highest BCUT2D eigenvalue weighted by atomic mass is 14.5. The van der Waals surface area contributed by atoms with Crippen LogP contribution in [0.25, 0.3) is 0 Å². The molecule has 0 aromatic carbocycles.